The number of benzene rings is 1. The van der Waals surface area contributed by atoms with Gasteiger partial charge in [0.1, 0.15) is 16.0 Å². The third kappa shape index (κ3) is 5.99. The van der Waals surface area contributed by atoms with E-state index in [-0.39, 0.29) is 21.7 Å². The first-order chi connectivity index (χ1) is 17.8. The van der Waals surface area contributed by atoms with Crippen molar-refractivity contribution in [3.05, 3.63) is 66.0 Å². The van der Waals surface area contributed by atoms with Crippen LogP contribution in [0.2, 0.25) is 18.1 Å². The fourth-order valence-corrected chi connectivity index (χ4v) is 7.50. The Labute approximate surface area is 229 Å². The molecular weight excluding hydrogens is 537 g/mol. The second-order valence-corrected chi connectivity index (χ2v) is 18.6. The van der Waals surface area contributed by atoms with Crippen molar-refractivity contribution in [3.8, 4) is 22.3 Å². The van der Waals surface area contributed by atoms with Crippen LogP contribution >= 0.6 is 11.3 Å². The first-order valence-electron chi connectivity index (χ1n) is 12.3. The van der Waals surface area contributed by atoms with Gasteiger partial charge in [-0.05, 0) is 72.6 Å². The summed E-state index contributed by atoms with van der Waals surface area (Å²) in [7, 11) is -6.04. The smallest absolute Gasteiger partial charge is 0.250 e. The summed E-state index contributed by atoms with van der Waals surface area (Å²) in [4.78, 5) is 19.7. The molecule has 0 aliphatic carbocycles. The van der Waals surface area contributed by atoms with Gasteiger partial charge in [0.25, 0.3) is 10.0 Å². The maximum atomic E-state index is 13.3. The number of aromatic nitrogens is 1. The average Bonchev–Trinajstić information content (AvgIpc) is 3.49. The van der Waals surface area contributed by atoms with E-state index >= 15 is 0 Å². The molecule has 200 valence electrons. The molecule has 1 N–H and O–H groups in total. The van der Waals surface area contributed by atoms with Crippen molar-refractivity contribution >= 4 is 35.6 Å². The number of nitrogens with one attached hydrogen (secondary N) is 1. The van der Waals surface area contributed by atoms with Crippen LogP contribution in [0.5, 0.6) is 5.75 Å². The Morgan fingerprint density at radius 2 is 1.89 bits per heavy atom. The predicted octanol–water partition coefficient (Wildman–Crippen LogP) is 5.15. The van der Waals surface area contributed by atoms with Crippen molar-refractivity contribution in [2.45, 2.75) is 62.1 Å². The van der Waals surface area contributed by atoms with Crippen molar-refractivity contribution in [1.82, 2.24) is 14.6 Å². The van der Waals surface area contributed by atoms with Crippen LogP contribution in [-0.2, 0) is 21.4 Å². The Balaban J connectivity index is 1.49. The van der Waals surface area contributed by atoms with E-state index in [2.05, 4.69) is 49.6 Å². The van der Waals surface area contributed by atoms with Gasteiger partial charge in [-0.2, -0.15) is 9.98 Å². The van der Waals surface area contributed by atoms with E-state index < -0.39 is 24.4 Å². The van der Waals surface area contributed by atoms with Crippen LogP contribution in [0.15, 0.2) is 59.1 Å². The van der Waals surface area contributed by atoms with Crippen molar-refractivity contribution < 1.29 is 17.6 Å². The van der Waals surface area contributed by atoms with Crippen molar-refractivity contribution in [3.63, 3.8) is 0 Å². The summed E-state index contributed by atoms with van der Waals surface area (Å²) in [5, 5.41) is 9.41. The number of rotatable bonds is 8. The number of likely N-dealkylation sites (tertiary alicyclic amines) is 1. The van der Waals surface area contributed by atoms with E-state index in [9.17, 15) is 18.5 Å². The average molecular weight is 569 g/mol. The van der Waals surface area contributed by atoms with E-state index in [4.69, 9.17) is 4.43 Å². The molecule has 1 aromatic carbocycles. The number of carbonyl (C=O) groups excluding carboxylic acids is 1. The van der Waals surface area contributed by atoms with Crippen LogP contribution in [0.3, 0.4) is 0 Å². The molecule has 1 aliphatic heterocycles. The molecule has 3 heterocycles. The molecule has 2 aromatic heterocycles. The van der Waals surface area contributed by atoms with Crippen molar-refractivity contribution in [2.75, 3.05) is 6.54 Å². The molecule has 8 nitrogen and oxygen atoms in total. The standard InChI is InChI=1S/C27H32N4O4S2Si/c1-27(2,3)38(4,5)35-23-7-6-19(17-28)16-21(23)18-31-15-12-22(26(31)32)30-37(33,34)25-9-8-24(36-25)20-10-13-29-14-11-20/h6-11,13-14,16,22,30H,12,15,18H2,1-5H3/t22-/m0/s1. The van der Waals surface area contributed by atoms with E-state index in [1.807, 2.05) is 12.1 Å². The molecule has 0 bridgehead atoms. The molecule has 1 fully saturated rings. The number of pyridine rings is 1. The molecule has 3 aromatic rings. The quantitative estimate of drug-likeness (QED) is 0.376. The highest BCUT2D eigenvalue weighted by Crippen LogP contribution is 2.39. The predicted molar refractivity (Wildman–Crippen MR) is 151 cm³/mol. The number of nitriles is 1. The largest absolute Gasteiger partial charge is 0.543 e. The number of hydrogen-bond acceptors (Lipinski definition) is 7. The van der Waals surface area contributed by atoms with E-state index in [1.54, 1.807) is 47.6 Å². The SMILES string of the molecule is CC(C)(C)[Si](C)(C)Oc1ccc(C#N)cc1CN1CC[C@H](NS(=O)(=O)c2ccc(-c3ccncc3)s2)C1=O. The van der Waals surface area contributed by atoms with Gasteiger partial charge in [0.2, 0.25) is 14.2 Å². The lowest BCUT2D eigenvalue weighted by atomic mass is 10.1. The molecule has 11 heteroatoms. The molecule has 1 aliphatic rings. The first-order valence-corrected chi connectivity index (χ1v) is 17.5. The lowest BCUT2D eigenvalue weighted by Crippen LogP contribution is -2.44. The molecule has 0 radical (unpaired) electrons. The number of thiophene rings is 1. The molecule has 0 unspecified atom stereocenters. The van der Waals surface area contributed by atoms with Crippen LogP contribution in [-0.4, -0.2) is 45.1 Å². The fraction of sp³-hybridized carbons (Fsp3) is 0.370. The van der Waals surface area contributed by atoms with E-state index in [1.165, 1.54) is 0 Å². The fourth-order valence-electron chi connectivity index (χ4n) is 3.89. The Kier molecular flexibility index (Phi) is 7.81. The van der Waals surface area contributed by atoms with Crippen LogP contribution in [0.1, 0.15) is 38.3 Å². The van der Waals surface area contributed by atoms with Gasteiger partial charge in [-0.15, -0.1) is 11.3 Å². The maximum absolute atomic E-state index is 13.3. The zero-order valence-electron chi connectivity index (χ0n) is 22.2. The Hall–Kier alpha value is -3.04. The second-order valence-electron chi connectivity index (χ2n) is 10.9. The Morgan fingerprint density at radius 1 is 1.18 bits per heavy atom. The van der Waals surface area contributed by atoms with Gasteiger partial charge >= 0.3 is 0 Å². The van der Waals surface area contributed by atoms with E-state index in [0.29, 0.717) is 24.3 Å². The number of carbonyl (C=O) groups is 1. The van der Waals surface area contributed by atoms with Crippen molar-refractivity contribution in [1.29, 1.82) is 5.26 Å². The molecule has 1 atom stereocenters. The van der Waals surface area contributed by atoms with Crippen LogP contribution < -0.4 is 9.15 Å². The minimum Gasteiger partial charge on any atom is -0.543 e. The molecule has 1 amide bonds. The van der Waals surface area contributed by atoms with Crippen LogP contribution in [0.4, 0.5) is 0 Å². The molecule has 0 spiro atoms. The highest BCUT2D eigenvalue weighted by atomic mass is 32.2. The summed E-state index contributed by atoms with van der Waals surface area (Å²) in [6.07, 6.45) is 3.67. The monoisotopic (exact) mass is 568 g/mol. The Morgan fingerprint density at radius 3 is 2.55 bits per heavy atom. The molecule has 0 saturated carbocycles. The third-order valence-electron chi connectivity index (χ3n) is 7.13. The first kappa shape index (κ1) is 28.0. The zero-order chi connectivity index (χ0) is 27.7. The summed E-state index contributed by atoms with van der Waals surface area (Å²) >= 11 is 1.15. The maximum Gasteiger partial charge on any atom is 0.250 e. The van der Waals surface area contributed by atoms with Gasteiger partial charge in [0.05, 0.1) is 11.6 Å². The van der Waals surface area contributed by atoms with Gasteiger partial charge < -0.3 is 9.33 Å². The third-order valence-corrected chi connectivity index (χ3v) is 14.6. The molecule has 4 rings (SSSR count). The normalized spacial score (nSPS) is 16.5. The zero-order valence-corrected chi connectivity index (χ0v) is 24.8. The Bertz CT molecular complexity index is 1470. The highest BCUT2D eigenvalue weighted by Gasteiger charge is 2.40. The lowest BCUT2D eigenvalue weighted by molar-refractivity contribution is -0.129. The summed E-state index contributed by atoms with van der Waals surface area (Å²) in [6.45, 7) is 11.4. The number of hydrogen-bond donors (Lipinski definition) is 1. The van der Waals surface area contributed by atoms with Crippen LogP contribution in [0, 0.1) is 11.3 Å². The minimum atomic E-state index is -3.88. The molecule has 1 saturated heterocycles. The molecular formula is C27H32N4O4S2Si. The van der Waals surface area contributed by atoms with Crippen LogP contribution in [0.25, 0.3) is 10.4 Å². The van der Waals surface area contributed by atoms with Gasteiger partial charge in [0.15, 0.2) is 0 Å². The summed E-state index contributed by atoms with van der Waals surface area (Å²) in [5.41, 5.74) is 2.10. The number of nitrogens with zero attached hydrogens (tertiary/aromatic N) is 3. The van der Waals surface area contributed by atoms with Gasteiger partial charge in [-0.25, -0.2) is 8.42 Å². The minimum absolute atomic E-state index is 0.0237. The number of amides is 1. The number of sulfonamides is 1. The lowest BCUT2D eigenvalue weighted by Gasteiger charge is -2.37. The van der Waals surface area contributed by atoms with Crippen molar-refractivity contribution in [2.24, 2.45) is 0 Å². The van der Waals surface area contributed by atoms with Gasteiger partial charge in [-0.1, -0.05) is 20.8 Å². The second kappa shape index (κ2) is 10.6. The van der Waals surface area contributed by atoms with E-state index in [0.717, 1.165) is 27.3 Å². The van der Waals surface area contributed by atoms with Gasteiger partial charge in [0, 0.05) is 35.9 Å². The van der Waals surface area contributed by atoms with Gasteiger partial charge in [-0.3, -0.25) is 9.78 Å². The molecule has 38 heavy (non-hydrogen) atoms. The topological polar surface area (TPSA) is 112 Å². The summed E-state index contributed by atoms with van der Waals surface area (Å²) < 4.78 is 35.5. The summed E-state index contributed by atoms with van der Waals surface area (Å²) in [6, 6.07) is 13.5. The summed E-state index contributed by atoms with van der Waals surface area (Å²) in [5.74, 6) is 0.370. The highest BCUT2D eigenvalue weighted by molar-refractivity contribution is 7.91.